The Morgan fingerprint density at radius 1 is 1.57 bits per heavy atom. The molecule has 0 fully saturated rings. The molecule has 0 bridgehead atoms. The third-order valence-corrected chi connectivity index (χ3v) is 2.48. The number of hydrogen-bond donors (Lipinski definition) is 1. The largest absolute Gasteiger partial charge is 0.385 e. The topological polar surface area (TPSA) is 35.2 Å². The van der Waals surface area contributed by atoms with E-state index in [2.05, 4.69) is 15.9 Å². The molecule has 1 aromatic carbocycles. The summed E-state index contributed by atoms with van der Waals surface area (Å²) in [5, 5.41) is 0. The van der Waals surface area contributed by atoms with E-state index in [1.807, 2.05) is 0 Å². The summed E-state index contributed by atoms with van der Waals surface area (Å²) in [5.74, 6) is -0.267. The molecular weight excluding hydrogens is 249 g/mol. The minimum absolute atomic E-state index is 0.267. The summed E-state index contributed by atoms with van der Waals surface area (Å²) < 4.78 is 19.0. The Morgan fingerprint density at radius 2 is 2.29 bits per heavy atom. The Bertz CT molecular complexity index is 306. The average molecular weight is 262 g/mol. The van der Waals surface area contributed by atoms with E-state index >= 15 is 0 Å². The number of nitrogens with two attached hydrogens (primary N) is 1. The van der Waals surface area contributed by atoms with Crippen molar-refractivity contribution in [2.24, 2.45) is 5.73 Å². The highest BCUT2D eigenvalue weighted by Gasteiger charge is 2.11. The first kappa shape index (κ1) is 11.6. The minimum atomic E-state index is -0.313. The van der Waals surface area contributed by atoms with Gasteiger partial charge in [-0.25, -0.2) is 4.39 Å². The van der Waals surface area contributed by atoms with E-state index in [1.54, 1.807) is 19.2 Å². The van der Waals surface area contributed by atoms with E-state index in [1.165, 1.54) is 6.07 Å². The van der Waals surface area contributed by atoms with E-state index in [0.29, 0.717) is 18.6 Å². The SMILES string of the molecule is COCCC(N)c1cc(Br)ccc1F. The molecule has 0 aliphatic rings. The zero-order valence-electron chi connectivity index (χ0n) is 7.97. The van der Waals surface area contributed by atoms with Crippen LogP contribution in [0, 0.1) is 5.82 Å². The number of benzene rings is 1. The van der Waals surface area contributed by atoms with E-state index in [-0.39, 0.29) is 11.9 Å². The van der Waals surface area contributed by atoms with Crippen molar-refractivity contribution in [2.75, 3.05) is 13.7 Å². The van der Waals surface area contributed by atoms with Gasteiger partial charge >= 0.3 is 0 Å². The van der Waals surface area contributed by atoms with Gasteiger partial charge in [0.05, 0.1) is 0 Å². The number of rotatable bonds is 4. The van der Waals surface area contributed by atoms with Crippen LogP contribution in [0.2, 0.25) is 0 Å². The molecule has 1 aromatic rings. The number of ether oxygens (including phenoxy) is 1. The van der Waals surface area contributed by atoms with Gasteiger partial charge in [-0.15, -0.1) is 0 Å². The monoisotopic (exact) mass is 261 g/mol. The molecule has 1 atom stereocenters. The van der Waals surface area contributed by atoms with Crippen LogP contribution in [0.25, 0.3) is 0 Å². The van der Waals surface area contributed by atoms with E-state index in [0.717, 1.165) is 4.47 Å². The summed E-state index contributed by atoms with van der Waals surface area (Å²) in [4.78, 5) is 0. The van der Waals surface area contributed by atoms with Crippen molar-refractivity contribution in [1.82, 2.24) is 0 Å². The molecule has 0 spiro atoms. The molecule has 1 rings (SSSR count). The van der Waals surface area contributed by atoms with Crippen LogP contribution >= 0.6 is 15.9 Å². The lowest BCUT2D eigenvalue weighted by Gasteiger charge is -2.12. The Balaban J connectivity index is 2.77. The second-order valence-electron chi connectivity index (χ2n) is 3.05. The van der Waals surface area contributed by atoms with Crippen LogP contribution in [0.5, 0.6) is 0 Å². The van der Waals surface area contributed by atoms with Crippen LogP contribution in [-0.4, -0.2) is 13.7 Å². The number of methoxy groups -OCH3 is 1. The highest BCUT2D eigenvalue weighted by Crippen LogP contribution is 2.22. The Labute approximate surface area is 91.4 Å². The zero-order chi connectivity index (χ0) is 10.6. The molecule has 2 nitrogen and oxygen atoms in total. The minimum Gasteiger partial charge on any atom is -0.385 e. The van der Waals surface area contributed by atoms with Crippen molar-refractivity contribution in [3.05, 3.63) is 34.1 Å². The molecular formula is C10H13BrFNO. The maximum Gasteiger partial charge on any atom is 0.128 e. The zero-order valence-corrected chi connectivity index (χ0v) is 9.55. The fourth-order valence-corrected chi connectivity index (χ4v) is 1.58. The fourth-order valence-electron chi connectivity index (χ4n) is 1.20. The first-order valence-corrected chi connectivity index (χ1v) is 5.14. The summed E-state index contributed by atoms with van der Waals surface area (Å²) in [5.41, 5.74) is 6.33. The second-order valence-corrected chi connectivity index (χ2v) is 3.97. The quantitative estimate of drug-likeness (QED) is 0.905. The van der Waals surface area contributed by atoms with Gasteiger partial charge in [-0.1, -0.05) is 15.9 Å². The Hall–Kier alpha value is -0.450. The highest BCUT2D eigenvalue weighted by molar-refractivity contribution is 9.10. The molecule has 0 aliphatic heterocycles. The predicted octanol–water partition coefficient (Wildman–Crippen LogP) is 2.62. The molecule has 14 heavy (non-hydrogen) atoms. The molecule has 1 unspecified atom stereocenters. The standard InChI is InChI=1S/C10H13BrFNO/c1-14-5-4-10(13)8-6-7(11)2-3-9(8)12/h2-3,6,10H,4-5,13H2,1H3. The van der Waals surface area contributed by atoms with Crippen molar-refractivity contribution in [3.63, 3.8) is 0 Å². The molecule has 0 amide bonds. The first-order chi connectivity index (χ1) is 6.65. The third-order valence-electron chi connectivity index (χ3n) is 1.99. The summed E-state index contributed by atoms with van der Waals surface area (Å²) in [6, 6.07) is 4.45. The van der Waals surface area contributed by atoms with Gasteiger partial charge in [0, 0.05) is 29.8 Å². The molecule has 78 valence electrons. The van der Waals surface area contributed by atoms with Gasteiger partial charge in [-0.2, -0.15) is 0 Å². The lowest BCUT2D eigenvalue weighted by atomic mass is 10.0. The van der Waals surface area contributed by atoms with Crippen LogP contribution < -0.4 is 5.73 Å². The van der Waals surface area contributed by atoms with Crippen LogP contribution in [0.15, 0.2) is 22.7 Å². The van der Waals surface area contributed by atoms with E-state index in [9.17, 15) is 4.39 Å². The lowest BCUT2D eigenvalue weighted by molar-refractivity contribution is 0.187. The van der Waals surface area contributed by atoms with Crippen LogP contribution in [0.4, 0.5) is 4.39 Å². The number of halogens is 2. The predicted molar refractivity (Wildman–Crippen MR) is 57.5 cm³/mol. The van der Waals surface area contributed by atoms with Crippen LogP contribution in [0.3, 0.4) is 0 Å². The van der Waals surface area contributed by atoms with E-state index < -0.39 is 0 Å². The fraction of sp³-hybridized carbons (Fsp3) is 0.400. The van der Waals surface area contributed by atoms with Gasteiger partial charge in [0.15, 0.2) is 0 Å². The van der Waals surface area contributed by atoms with Gasteiger partial charge < -0.3 is 10.5 Å². The number of hydrogen-bond acceptors (Lipinski definition) is 2. The molecule has 0 saturated carbocycles. The molecule has 0 aromatic heterocycles. The highest BCUT2D eigenvalue weighted by atomic mass is 79.9. The van der Waals surface area contributed by atoms with Gasteiger partial charge in [0.25, 0.3) is 0 Å². The third kappa shape index (κ3) is 3.04. The van der Waals surface area contributed by atoms with Gasteiger partial charge in [0.2, 0.25) is 0 Å². The molecule has 0 heterocycles. The summed E-state index contributed by atoms with van der Waals surface area (Å²) >= 11 is 3.28. The van der Waals surface area contributed by atoms with Crippen molar-refractivity contribution in [1.29, 1.82) is 0 Å². The van der Waals surface area contributed by atoms with Gasteiger partial charge in [-0.3, -0.25) is 0 Å². The van der Waals surface area contributed by atoms with Gasteiger partial charge in [-0.05, 0) is 24.6 Å². The van der Waals surface area contributed by atoms with Gasteiger partial charge in [0.1, 0.15) is 5.82 Å². The molecule has 0 radical (unpaired) electrons. The van der Waals surface area contributed by atoms with Crippen molar-refractivity contribution in [2.45, 2.75) is 12.5 Å². The normalized spacial score (nSPS) is 12.9. The van der Waals surface area contributed by atoms with Crippen molar-refractivity contribution in [3.8, 4) is 0 Å². The maximum absolute atomic E-state index is 13.3. The molecule has 2 N–H and O–H groups in total. The second kappa shape index (κ2) is 5.44. The Kier molecular flexibility index (Phi) is 4.51. The van der Waals surface area contributed by atoms with Crippen molar-refractivity contribution >= 4 is 15.9 Å². The summed E-state index contributed by atoms with van der Waals surface area (Å²) in [6.07, 6.45) is 0.615. The smallest absolute Gasteiger partial charge is 0.128 e. The molecule has 0 aliphatic carbocycles. The average Bonchev–Trinajstić information content (AvgIpc) is 2.18. The Morgan fingerprint density at radius 3 is 2.93 bits per heavy atom. The molecule has 0 saturated heterocycles. The van der Waals surface area contributed by atoms with E-state index in [4.69, 9.17) is 10.5 Å². The molecule has 4 heteroatoms. The summed E-state index contributed by atoms with van der Waals surface area (Å²) in [7, 11) is 1.60. The first-order valence-electron chi connectivity index (χ1n) is 4.34. The van der Waals surface area contributed by atoms with Crippen LogP contribution in [0.1, 0.15) is 18.0 Å². The lowest BCUT2D eigenvalue weighted by Crippen LogP contribution is -2.14. The summed E-state index contributed by atoms with van der Waals surface area (Å²) in [6.45, 7) is 0.535. The van der Waals surface area contributed by atoms with Crippen LogP contribution in [-0.2, 0) is 4.74 Å². The van der Waals surface area contributed by atoms with Crippen molar-refractivity contribution < 1.29 is 9.13 Å². The maximum atomic E-state index is 13.3.